The van der Waals surface area contributed by atoms with E-state index in [0.717, 1.165) is 9.37 Å². The minimum atomic E-state index is -1.08. The quantitative estimate of drug-likeness (QED) is 0.829. The van der Waals surface area contributed by atoms with E-state index in [0.29, 0.717) is 23.7 Å². The molecule has 1 atom stereocenters. The SMILES string of the molecule is N#Cc1ccc(OCCS(=O)c2cccc(Br)c2)cc1. The first-order valence-electron chi connectivity index (χ1n) is 5.96. The van der Waals surface area contributed by atoms with Gasteiger partial charge in [0.15, 0.2) is 0 Å². The average molecular weight is 350 g/mol. The molecule has 2 rings (SSSR count). The molecule has 3 nitrogen and oxygen atoms in total. The van der Waals surface area contributed by atoms with Crippen LogP contribution < -0.4 is 4.74 Å². The van der Waals surface area contributed by atoms with E-state index < -0.39 is 10.8 Å². The van der Waals surface area contributed by atoms with Crippen LogP contribution in [0.15, 0.2) is 57.9 Å². The summed E-state index contributed by atoms with van der Waals surface area (Å²) in [7, 11) is -1.08. The highest BCUT2D eigenvalue weighted by Gasteiger charge is 2.04. The van der Waals surface area contributed by atoms with Gasteiger partial charge in [0.1, 0.15) is 12.4 Å². The van der Waals surface area contributed by atoms with Gasteiger partial charge in [-0.1, -0.05) is 22.0 Å². The molecule has 0 fully saturated rings. The van der Waals surface area contributed by atoms with Crippen LogP contribution in [0, 0.1) is 11.3 Å². The molecule has 0 aliphatic heterocycles. The summed E-state index contributed by atoms with van der Waals surface area (Å²) in [6.07, 6.45) is 0. The van der Waals surface area contributed by atoms with Crippen molar-refractivity contribution >= 4 is 26.7 Å². The first-order valence-corrected chi connectivity index (χ1v) is 8.07. The van der Waals surface area contributed by atoms with E-state index in [1.54, 1.807) is 24.3 Å². The van der Waals surface area contributed by atoms with Crippen molar-refractivity contribution in [2.45, 2.75) is 4.90 Å². The Balaban J connectivity index is 1.86. The van der Waals surface area contributed by atoms with Crippen LogP contribution in [0.25, 0.3) is 0 Å². The van der Waals surface area contributed by atoms with Crippen molar-refractivity contribution in [1.29, 1.82) is 5.26 Å². The molecule has 0 aliphatic rings. The van der Waals surface area contributed by atoms with E-state index >= 15 is 0 Å². The van der Waals surface area contributed by atoms with Gasteiger partial charge in [-0.2, -0.15) is 5.26 Å². The highest BCUT2D eigenvalue weighted by Crippen LogP contribution is 2.15. The molecule has 102 valence electrons. The normalized spacial score (nSPS) is 11.6. The monoisotopic (exact) mass is 349 g/mol. The van der Waals surface area contributed by atoms with Crippen LogP contribution in [0.2, 0.25) is 0 Å². The van der Waals surface area contributed by atoms with Crippen molar-refractivity contribution in [3.05, 3.63) is 58.6 Å². The molecule has 0 spiro atoms. The lowest BCUT2D eigenvalue weighted by Crippen LogP contribution is -2.08. The van der Waals surface area contributed by atoms with E-state index in [2.05, 4.69) is 15.9 Å². The van der Waals surface area contributed by atoms with Crippen LogP contribution in [-0.4, -0.2) is 16.6 Å². The number of nitriles is 1. The molecule has 0 radical (unpaired) electrons. The maximum absolute atomic E-state index is 12.1. The third kappa shape index (κ3) is 4.19. The van der Waals surface area contributed by atoms with E-state index in [4.69, 9.17) is 10.00 Å². The molecule has 0 bridgehead atoms. The molecule has 5 heteroatoms. The van der Waals surface area contributed by atoms with Gasteiger partial charge in [0, 0.05) is 9.37 Å². The van der Waals surface area contributed by atoms with Crippen LogP contribution >= 0.6 is 15.9 Å². The molecule has 2 aromatic carbocycles. The van der Waals surface area contributed by atoms with Gasteiger partial charge in [0.05, 0.1) is 28.2 Å². The number of benzene rings is 2. The summed E-state index contributed by atoms with van der Waals surface area (Å²) in [5.41, 5.74) is 0.593. The summed E-state index contributed by atoms with van der Waals surface area (Å²) in [6, 6.07) is 16.3. The lowest BCUT2D eigenvalue weighted by molar-refractivity contribution is 0.342. The highest BCUT2D eigenvalue weighted by atomic mass is 79.9. The number of hydrogen-bond donors (Lipinski definition) is 0. The Hall–Kier alpha value is -1.64. The van der Waals surface area contributed by atoms with Gasteiger partial charge < -0.3 is 4.74 Å². The molecular weight excluding hydrogens is 338 g/mol. The van der Waals surface area contributed by atoms with E-state index in [9.17, 15) is 4.21 Å². The smallest absolute Gasteiger partial charge is 0.119 e. The summed E-state index contributed by atoms with van der Waals surface area (Å²) in [5, 5.41) is 8.69. The predicted octanol–water partition coefficient (Wildman–Crippen LogP) is 3.51. The number of halogens is 1. The molecule has 0 saturated carbocycles. The van der Waals surface area contributed by atoms with Gasteiger partial charge in [0.25, 0.3) is 0 Å². The second-order valence-corrected chi connectivity index (χ2v) is 6.48. The standard InChI is InChI=1S/C15H12BrNO2S/c16-13-2-1-3-15(10-13)20(18)9-8-19-14-6-4-12(11-17)5-7-14/h1-7,10H,8-9H2. The van der Waals surface area contributed by atoms with Gasteiger partial charge in [-0.05, 0) is 42.5 Å². The molecule has 0 N–H and O–H groups in total. The van der Waals surface area contributed by atoms with Crippen molar-refractivity contribution < 1.29 is 8.95 Å². The van der Waals surface area contributed by atoms with Crippen molar-refractivity contribution in [3.63, 3.8) is 0 Å². The maximum Gasteiger partial charge on any atom is 0.119 e. The van der Waals surface area contributed by atoms with Gasteiger partial charge in [-0.3, -0.25) is 4.21 Å². The molecule has 0 heterocycles. The minimum absolute atomic E-state index is 0.366. The summed E-state index contributed by atoms with van der Waals surface area (Å²) in [6.45, 7) is 0.366. The second-order valence-electron chi connectivity index (χ2n) is 3.99. The summed E-state index contributed by atoms with van der Waals surface area (Å²) >= 11 is 3.36. The maximum atomic E-state index is 12.1. The summed E-state index contributed by atoms with van der Waals surface area (Å²) in [4.78, 5) is 0.780. The van der Waals surface area contributed by atoms with Gasteiger partial charge in [0.2, 0.25) is 0 Å². The Morgan fingerprint density at radius 2 is 1.95 bits per heavy atom. The second kappa shape index (κ2) is 7.22. The van der Waals surface area contributed by atoms with Crippen LogP contribution in [0.3, 0.4) is 0 Å². The van der Waals surface area contributed by atoms with Crippen LogP contribution in [0.1, 0.15) is 5.56 Å². The minimum Gasteiger partial charge on any atom is -0.493 e. The first-order chi connectivity index (χ1) is 9.69. The molecule has 1 unspecified atom stereocenters. The van der Waals surface area contributed by atoms with Crippen LogP contribution in [0.5, 0.6) is 5.75 Å². The summed E-state index contributed by atoms with van der Waals surface area (Å²) < 4.78 is 18.5. The summed E-state index contributed by atoms with van der Waals surface area (Å²) in [5.74, 6) is 1.10. The lowest BCUT2D eigenvalue weighted by atomic mass is 10.2. The zero-order chi connectivity index (χ0) is 14.4. The highest BCUT2D eigenvalue weighted by molar-refractivity contribution is 9.10. The topological polar surface area (TPSA) is 50.1 Å². The Kier molecular flexibility index (Phi) is 5.33. The molecule has 0 aliphatic carbocycles. The van der Waals surface area contributed by atoms with Crippen molar-refractivity contribution in [2.75, 3.05) is 12.4 Å². The molecule has 0 aromatic heterocycles. The van der Waals surface area contributed by atoms with Crippen molar-refractivity contribution in [3.8, 4) is 11.8 Å². The van der Waals surface area contributed by atoms with E-state index in [1.807, 2.05) is 30.3 Å². The predicted molar refractivity (Wildman–Crippen MR) is 82.1 cm³/mol. The van der Waals surface area contributed by atoms with Crippen LogP contribution in [0.4, 0.5) is 0 Å². The van der Waals surface area contributed by atoms with Crippen molar-refractivity contribution in [1.82, 2.24) is 0 Å². The Labute approximate surface area is 128 Å². The Morgan fingerprint density at radius 1 is 1.20 bits per heavy atom. The van der Waals surface area contributed by atoms with Gasteiger partial charge in [-0.15, -0.1) is 0 Å². The van der Waals surface area contributed by atoms with Crippen molar-refractivity contribution in [2.24, 2.45) is 0 Å². The Morgan fingerprint density at radius 3 is 2.60 bits per heavy atom. The third-order valence-corrected chi connectivity index (χ3v) is 4.39. The molecular formula is C15H12BrNO2S. The number of rotatable bonds is 5. The van der Waals surface area contributed by atoms with Gasteiger partial charge in [-0.25, -0.2) is 0 Å². The van der Waals surface area contributed by atoms with E-state index in [1.165, 1.54) is 0 Å². The lowest BCUT2D eigenvalue weighted by Gasteiger charge is -2.06. The molecule has 2 aromatic rings. The molecule has 0 amide bonds. The zero-order valence-electron chi connectivity index (χ0n) is 10.6. The fourth-order valence-corrected chi connectivity index (χ4v) is 3.10. The Bertz CT molecular complexity index is 650. The van der Waals surface area contributed by atoms with Gasteiger partial charge >= 0.3 is 0 Å². The number of nitrogens with zero attached hydrogens (tertiary/aromatic N) is 1. The zero-order valence-corrected chi connectivity index (χ0v) is 13.0. The molecule has 0 saturated heterocycles. The number of hydrogen-bond acceptors (Lipinski definition) is 3. The fourth-order valence-electron chi connectivity index (χ4n) is 1.59. The fraction of sp³-hybridized carbons (Fsp3) is 0.133. The van der Waals surface area contributed by atoms with E-state index in [-0.39, 0.29) is 0 Å². The number of ether oxygens (including phenoxy) is 1. The van der Waals surface area contributed by atoms with Crippen LogP contribution in [-0.2, 0) is 10.8 Å². The largest absolute Gasteiger partial charge is 0.493 e. The average Bonchev–Trinajstić information content (AvgIpc) is 2.48. The molecule has 20 heavy (non-hydrogen) atoms. The third-order valence-electron chi connectivity index (χ3n) is 2.58. The first kappa shape index (κ1) is 14.8.